The van der Waals surface area contributed by atoms with Gasteiger partial charge in [-0.2, -0.15) is 0 Å². The van der Waals surface area contributed by atoms with E-state index in [-0.39, 0.29) is 22.6 Å². The molecule has 0 bridgehead atoms. The molecule has 1 fully saturated rings. The van der Waals surface area contributed by atoms with Crippen molar-refractivity contribution in [3.8, 4) is 5.75 Å². The predicted octanol–water partition coefficient (Wildman–Crippen LogP) is 5.96. The van der Waals surface area contributed by atoms with Crippen LogP contribution in [0.15, 0.2) is 53.4 Å². The van der Waals surface area contributed by atoms with Crippen LogP contribution in [0.5, 0.6) is 5.75 Å². The van der Waals surface area contributed by atoms with Crippen LogP contribution in [0, 0.1) is 20.8 Å². The van der Waals surface area contributed by atoms with Gasteiger partial charge in [0.15, 0.2) is 0 Å². The molecule has 2 aromatic carbocycles. The summed E-state index contributed by atoms with van der Waals surface area (Å²) < 4.78 is 5.41. The highest BCUT2D eigenvalue weighted by molar-refractivity contribution is 7.10. The number of ether oxygens (including phenoxy) is 1. The maximum atomic E-state index is 13.3. The van der Waals surface area contributed by atoms with Gasteiger partial charge in [0.1, 0.15) is 17.6 Å². The van der Waals surface area contributed by atoms with E-state index in [1.807, 2.05) is 56.5 Å². The molecule has 5 nitrogen and oxygen atoms in total. The second-order valence-electron chi connectivity index (χ2n) is 7.86. The molecule has 0 saturated carbocycles. The minimum Gasteiger partial charge on any atom is -0.507 e. The normalized spacial score (nSPS) is 17.8. The number of methoxy groups -OCH3 is 1. The summed E-state index contributed by atoms with van der Waals surface area (Å²) in [6.07, 6.45) is 0. The minimum absolute atomic E-state index is 0.0107. The molecule has 3 aromatic rings. The van der Waals surface area contributed by atoms with Crippen molar-refractivity contribution in [2.75, 3.05) is 12.0 Å². The Kier molecular flexibility index (Phi) is 5.84. The van der Waals surface area contributed by atoms with Crippen LogP contribution in [0.1, 0.15) is 33.2 Å². The monoisotopic (exact) mass is 467 g/mol. The lowest BCUT2D eigenvalue weighted by Crippen LogP contribution is -2.29. The molecule has 1 amide bonds. The van der Waals surface area contributed by atoms with E-state index in [0.717, 1.165) is 21.6 Å². The number of carbonyl (C=O) groups is 2. The van der Waals surface area contributed by atoms with Crippen LogP contribution in [-0.2, 0) is 9.59 Å². The van der Waals surface area contributed by atoms with Gasteiger partial charge in [-0.05, 0) is 73.2 Å². The fraction of sp³-hybridized carbons (Fsp3) is 0.200. The first-order valence-electron chi connectivity index (χ1n) is 10.00. The Bertz CT molecular complexity index is 1240. The zero-order valence-corrected chi connectivity index (χ0v) is 19.7. The molecule has 1 unspecified atom stereocenters. The highest BCUT2D eigenvalue weighted by atomic mass is 35.5. The molecule has 2 heterocycles. The van der Waals surface area contributed by atoms with Crippen molar-refractivity contribution >= 4 is 46.1 Å². The molecule has 1 atom stereocenters. The molecule has 1 saturated heterocycles. The third kappa shape index (κ3) is 3.70. The summed E-state index contributed by atoms with van der Waals surface area (Å²) in [5, 5.41) is 13.5. The first-order chi connectivity index (χ1) is 15.2. The number of aliphatic hydroxyl groups excluding tert-OH is 1. The summed E-state index contributed by atoms with van der Waals surface area (Å²) in [5.41, 5.74) is 3.62. The van der Waals surface area contributed by atoms with Gasteiger partial charge >= 0.3 is 0 Å². The zero-order valence-electron chi connectivity index (χ0n) is 18.1. The van der Waals surface area contributed by atoms with E-state index in [9.17, 15) is 14.7 Å². The standard InChI is InChI=1S/C25H22ClNO4S/c1-13-8-14(2)10-16(9-13)27-21(19-6-5-7-32-19)20(23(29)25(27)30)22(28)17-11-15(3)12-18(26)24(17)31-4/h5-12,21,28H,1-4H3/b22-20-. The lowest BCUT2D eigenvalue weighted by atomic mass is 9.98. The number of hydrogen-bond donors (Lipinski definition) is 1. The van der Waals surface area contributed by atoms with Crippen LogP contribution < -0.4 is 9.64 Å². The molecule has 0 spiro atoms. The second kappa shape index (κ2) is 8.45. The number of benzene rings is 2. The lowest BCUT2D eigenvalue weighted by molar-refractivity contribution is -0.132. The van der Waals surface area contributed by atoms with Crippen LogP contribution in [-0.4, -0.2) is 23.9 Å². The van der Waals surface area contributed by atoms with Gasteiger partial charge in [0.2, 0.25) is 0 Å². The number of aryl methyl sites for hydroxylation is 3. The molecule has 1 aliphatic rings. The highest BCUT2D eigenvalue weighted by Crippen LogP contribution is 2.45. The van der Waals surface area contributed by atoms with E-state index < -0.39 is 17.7 Å². The quantitative estimate of drug-likeness (QED) is 0.292. The molecule has 4 rings (SSSR count). The van der Waals surface area contributed by atoms with Crippen LogP contribution in [0.4, 0.5) is 5.69 Å². The number of carbonyl (C=O) groups excluding carboxylic acids is 2. The Morgan fingerprint density at radius 2 is 1.72 bits per heavy atom. The van der Waals surface area contributed by atoms with E-state index in [4.69, 9.17) is 16.3 Å². The molecule has 0 radical (unpaired) electrons. The number of hydrogen-bond acceptors (Lipinski definition) is 5. The number of amides is 1. The van der Waals surface area contributed by atoms with Gasteiger partial charge in [0, 0.05) is 10.6 Å². The summed E-state index contributed by atoms with van der Waals surface area (Å²) in [6, 6.07) is 12.1. The average Bonchev–Trinajstić information content (AvgIpc) is 3.33. The Labute approximate surface area is 195 Å². The molecule has 32 heavy (non-hydrogen) atoms. The fourth-order valence-corrected chi connectivity index (χ4v) is 5.34. The van der Waals surface area contributed by atoms with E-state index in [0.29, 0.717) is 10.7 Å². The van der Waals surface area contributed by atoms with Crippen molar-refractivity contribution < 1.29 is 19.4 Å². The SMILES string of the molecule is COc1c(Cl)cc(C)cc1/C(O)=C1/C(=O)C(=O)N(c2cc(C)cc(C)c2)C1c1cccs1. The molecule has 1 aliphatic heterocycles. The third-order valence-electron chi connectivity index (χ3n) is 5.39. The van der Waals surface area contributed by atoms with Crippen molar-refractivity contribution in [1.82, 2.24) is 0 Å². The average molecular weight is 468 g/mol. The number of anilines is 1. The molecule has 7 heteroatoms. The molecule has 0 aliphatic carbocycles. The second-order valence-corrected chi connectivity index (χ2v) is 9.24. The molecule has 1 aromatic heterocycles. The number of Topliss-reactive ketones (excluding diaryl/α,β-unsaturated/α-hetero) is 1. The highest BCUT2D eigenvalue weighted by Gasteiger charge is 2.47. The number of ketones is 1. The van der Waals surface area contributed by atoms with Crippen LogP contribution in [0.3, 0.4) is 0 Å². The number of aliphatic hydroxyl groups is 1. The molecule has 164 valence electrons. The largest absolute Gasteiger partial charge is 0.507 e. The zero-order chi connectivity index (χ0) is 23.2. The van der Waals surface area contributed by atoms with Crippen molar-refractivity contribution in [2.45, 2.75) is 26.8 Å². The summed E-state index contributed by atoms with van der Waals surface area (Å²) in [5.74, 6) is -1.50. The maximum absolute atomic E-state index is 13.3. The Morgan fingerprint density at radius 1 is 1.06 bits per heavy atom. The maximum Gasteiger partial charge on any atom is 0.300 e. The number of nitrogens with zero attached hydrogens (tertiary/aromatic N) is 1. The summed E-state index contributed by atoms with van der Waals surface area (Å²) in [4.78, 5) is 28.7. The Balaban J connectivity index is 2.00. The topological polar surface area (TPSA) is 66.8 Å². The Morgan fingerprint density at radius 3 is 2.31 bits per heavy atom. The molecular weight excluding hydrogens is 446 g/mol. The smallest absolute Gasteiger partial charge is 0.300 e. The van der Waals surface area contributed by atoms with Gasteiger partial charge in [-0.3, -0.25) is 14.5 Å². The van der Waals surface area contributed by atoms with Gasteiger partial charge in [0.05, 0.1) is 23.3 Å². The molecular formula is C25H22ClNO4S. The van der Waals surface area contributed by atoms with Crippen LogP contribution in [0.25, 0.3) is 5.76 Å². The number of halogens is 1. The first kappa shape index (κ1) is 22.1. The van der Waals surface area contributed by atoms with E-state index in [1.165, 1.54) is 23.3 Å². The minimum atomic E-state index is -0.764. The first-order valence-corrected chi connectivity index (χ1v) is 11.3. The number of thiophene rings is 1. The third-order valence-corrected chi connectivity index (χ3v) is 6.59. The Hall–Kier alpha value is -3.09. The van der Waals surface area contributed by atoms with Gasteiger partial charge in [-0.15, -0.1) is 11.3 Å². The van der Waals surface area contributed by atoms with Gasteiger partial charge < -0.3 is 9.84 Å². The van der Waals surface area contributed by atoms with E-state index in [1.54, 1.807) is 12.1 Å². The van der Waals surface area contributed by atoms with E-state index >= 15 is 0 Å². The predicted molar refractivity (Wildman–Crippen MR) is 128 cm³/mol. The molecule has 1 N–H and O–H groups in total. The van der Waals surface area contributed by atoms with Crippen molar-refractivity contribution in [3.05, 3.63) is 85.6 Å². The van der Waals surface area contributed by atoms with Gasteiger partial charge in [-0.1, -0.05) is 23.7 Å². The number of rotatable bonds is 4. The van der Waals surface area contributed by atoms with Gasteiger partial charge in [-0.25, -0.2) is 0 Å². The van der Waals surface area contributed by atoms with Crippen molar-refractivity contribution in [3.63, 3.8) is 0 Å². The summed E-state index contributed by atoms with van der Waals surface area (Å²) in [6.45, 7) is 5.70. The van der Waals surface area contributed by atoms with Crippen LogP contribution in [0.2, 0.25) is 5.02 Å². The van der Waals surface area contributed by atoms with Crippen molar-refractivity contribution in [1.29, 1.82) is 0 Å². The lowest BCUT2D eigenvalue weighted by Gasteiger charge is -2.25. The van der Waals surface area contributed by atoms with Crippen LogP contribution >= 0.6 is 22.9 Å². The van der Waals surface area contributed by atoms with Crippen molar-refractivity contribution in [2.24, 2.45) is 0 Å². The summed E-state index contributed by atoms with van der Waals surface area (Å²) in [7, 11) is 1.44. The summed E-state index contributed by atoms with van der Waals surface area (Å²) >= 11 is 7.74. The fourth-order valence-electron chi connectivity index (χ4n) is 4.16. The van der Waals surface area contributed by atoms with Gasteiger partial charge in [0.25, 0.3) is 11.7 Å². The van der Waals surface area contributed by atoms with E-state index in [2.05, 4.69) is 0 Å².